The largest absolute Gasteiger partial charge is 0.462 e. The normalized spacial score (nSPS) is 13.9. The summed E-state index contributed by atoms with van der Waals surface area (Å²) in [7, 11) is 0. The van der Waals surface area contributed by atoms with Gasteiger partial charge in [0.25, 0.3) is 5.91 Å². The molecule has 2 heterocycles. The van der Waals surface area contributed by atoms with Gasteiger partial charge in [-0.15, -0.1) is 22.7 Å². The monoisotopic (exact) mass is 495 g/mol. The lowest BCUT2D eigenvalue weighted by atomic mass is 9.89. The van der Waals surface area contributed by atoms with Crippen LogP contribution >= 0.6 is 22.7 Å². The van der Waals surface area contributed by atoms with Gasteiger partial charge in [0.2, 0.25) is 0 Å². The Hall–Kier alpha value is -2.97. The summed E-state index contributed by atoms with van der Waals surface area (Å²) in [5, 5.41) is 3.24. The zero-order valence-electron chi connectivity index (χ0n) is 18.9. The standard InChI is InChI=1S/C26H25NO5S2/c1-2-31-26(30)22-18-12-11-15-7-3-5-9-17(15)23(18)34-24(22)27-21(28)14-32-25(29)20-13-16-8-4-6-10-19(16)33-20/h3,5,7,9,13H,2,4,6,8,10-12,14H2,1H3,(H,27,28). The number of hydrogen-bond acceptors (Lipinski definition) is 7. The number of thiophene rings is 2. The van der Waals surface area contributed by atoms with Gasteiger partial charge in [0, 0.05) is 9.75 Å². The number of benzene rings is 1. The number of hydrogen-bond donors (Lipinski definition) is 1. The van der Waals surface area contributed by atoms with Crippen LogP contribution in [-0.4, -0.2) is 31.1 Å². The molecule has 0 saturated carbocycles. The van der Waals surface area contributed by atoms with Crippen molar-refractivity contribution in [2.75, 3.05) is 18.5 Å². The van der Waals surface area contributed by atoms with Crippen LogP contribution in [0.5, 0.6) is 0 Å². The van der Waals surface area contributed by atoms with Crippen molar-refractivity contribution >= 4 is 45.5 Å². The number of anilines is 1. The summed E-state index contributed by atoms with van der Waals surface area (Å²) in [4.78, 5) is 40.8. The number of amides is 1. The molecule has 3 aromatic rings. The minimum Gasteiger partial charge on any atom is -0.462 e. The summed E-state index contributed by atoms with van der Waals surface area (Å²) in [5.41, 5.74) is 4.82. The molecular formula is C26H25NO5S2. The van der Waals surface area contributed by atoms with Gasteiger partial charge in [0.1, 0.15) is 9.88 Å². The highest BCUT2D eigenvalue weighted by atomic mass is 32.1. The first-order valence-corrected chi connectivity index (χ1v) is 13.2. The van der Waals surface area contributed by atoms with Crippen molar-refractivity contribution in [1.82, 2.24) is 0 Å². The number of nitrogens with one attached hydrogen (secondary N) is 1. The summed E-state index contributed by atoms with van der Waals surface area (Å²) in [6.07, 6.45) is 5.78. The summed E-state index contributed by atoms with van der Waals surface area (Å²) in [6.45, 7) is 1.59. The fraction of sp³-hybridized carbons (Fsp3) is 0.346. The van der Waals surface area contributed by atoms with Crippen LogP contribution in [0.1, 0.15) is 61.4 Å². The van der Waals surface area contributed by atoms with Crippen molar-refractivity contribution in [3.05, 3.63) is 62.3 Å². The van der Waals surface area contributed by atoms with Gasteiger partial charge in [-0.1, -0.05) is 24.3 Å². The zero-order valence-corrected chi connectivity index (χ0v) is 20.5. The van der Waals surface area contributed by atoms with Gasteiger partial charge < -0.3 is 14.8 Å². The van der Waals surface area contributed by atoms with E-state index in [1.165, 1.54) is 38.7 Å². The molecule has 0 radical (unpaired) electrons. The van der Waals surface area contributed by atoms with Gasteiger partial charge in [-0.2, -0.15) is 0 Å². The van der Waals surface area contributed by atoms with E-state index in [4.69, 9.17) is 9.47 Å². The first kappa shape index (κ1) is 22.8. The summed E-state index contributed by atoms with van der Waals surface area (Å²) < 4.78 is 10.6. The van der Waals surface area contributed by atoms with E-state index in [9.17, 15) is 14.4 Å². The van der Waals surface area contributed by atoms with E-state index in [1.807, 2.05) is 24.3 Å². The van der Waals surface area contributed by atoms with Gasteiger partial charge in [-0.05, 0) is 73.8 Å². The molecule has 5 rings (SSSR count). The van der Waals surface area contributed by atoms with Gasteiger partial charge in [-0.25, -0.2) is 9.59 Å². The maximum Gasteiger partial charge on any atom is 0.348 e. The molecule has 1 amide bonds. The Morgan fingerprint density at radius 2 is 1.76 bits per heavy atom. The molecule has 176 valence electrons. The molecule has 8 heteroatoms. The zero-order chi connectivity index (χ0) is 23.7. The maximum atomic E-state index is 12.8. The lowest BCUT2D eigenvalue weighted by Gasteiger charge is -2.16. The van der Waals surface area contributed by atoms with E-state index in [2.05, 4.69) is 11.4 Å². The van der Waals surface area contributed by atoms with Crippen LogP contribution in [0.4, 0.5) is 5.00 Å². The molecule has 1 aromatic carbocycles. The van der Waals surface area contributed by atoms with Crippen molar-refractivity contribution in [3.8, 4) is 10.4 Å². The molecule has 0 spiro atoms. The predicted octanol–water partition coefficient (Wildman–Crippen LogP) is 5.43. The van der Waals surface area contributed by atoms with Crippen molar-refractivity contribution in [1.29, 1.82) is 0 Å². The fourth-order valence-electron chi connectivity index (χ4n) is 4.60. The van der Waals surface area contributed by atoms with Crippen LogP contribution in [0.25, 0.3) is 10.4 Å². The SMILES string of the molecule is CCOC(=O)c1c(NC(=O)COC(=O)c2cc3c(s2)CCCC3)sc2c1CCc1ccccc1-2. The highest BCUT2D eigenvalue weighted by molar-refractivity contribution is 7.20. The lowest BCUT2D eigenvalue weighted by molar-refractivity contribution is -0.119. The second-order valence-electron chi connectivity index (χ2n) is 8.38. The van der Waals surface area contributed by atoms with Crippen LogP contribution in [0, 0.1) is 0 Å². The molecule has 0 bridgehead atoms. The molecule has 0 unspecified atom stereocenters. The molecule has 2 aromatic heterocycles. The molecule has 0 saturated heterocycles. The lowest BCUT2D eigenvalue weighted by Crippen LogP contribution is -2.21. The maximum absolute atomic E-state index is 12.8. The van der Waals surface area contributed by atoms with Crippen molar-refractivity contribution in [2.24, 2.45) is 0 Å². The van der Waals surface area contributed by atoms with Gasteiger partial charge in [-0.3, -0.25) is 4.79 Å². The molecule has 1 N–H and O–H groups in total. The summed E-state index contributed by atoms with van der Waals surface area (Å²) in [6, 6.07) is 9.99. The Bertz CT molecular complexity index is 1250. The third-order valence-corrected chi connectivity index (χ3v) is 8.58. The van der Waals surface area contributed by atoms with E-state index >= 15 is 0 Å². The number of carbonyl (C=O) groups excluding carboxylic acids is 3. The number of aryl methyl sites for hydroxylation is 3. The van der Waals surface area contributed by atoms with Crippen molar-refractivity contribution in [2.45, 2.75) is 45.4 Å². The Morgan fingerprint density at radius 3 is 2.59 bits per heavy atom. The average Bonchev–Trinajstić information content (AvgIpc) is 3.44. The Labute approximate surface area is 205 Å². The smallest absolute Gasteiger partial charge is 0.348 e. The van der Waals surface area contributed by atoms with Crippen molar-refractivity contribution in [3.63, 3.8) is 0 Å². The highest BCUT2D eigenvalue weighted by Gasteiger charge is 2.30. The third kappa shape index (κ3) is 4.40. The number of carbonyl (C=O) groups is 3. The predicted molar refractivity (Wildman–Crippen MR) is 133 cm³/mol. The van der Waals surface area contributed by atoms with Crippen LogP contribution < -0.4 is 5.32 Å². The number of ether oxygens (including phenoxy) is 2. The molecule has 2 aliphatic carbocycles. The van der Waals surface area contributed by atoms with Gasteiger partial charge >= 0.3 is 11.9 Å². The van der Waals surface area contributed by atoms with Crippen LogP contribution in [-0.2, 0) is 40.0 Å². The first-order valence-electron chi connectivity index (χ1n) is 11.5. The van der Waals surface area contributed by atoms with E-state index in [-0.39, 0.29) is 6.61 Å². The molecule has 6 nitrogen and oxygen atoms in total. The summed E-state index contributed by atoms with van der Waals surface area (Å²) >= 11 is 2.82. The minimum atomic E-state index is -0.487. The van der Waals surface area contributed by atoms with Gasteiger partial charge in [0.05, 0.1) is 12.2 Å². The van der Waals surface area contributed by atoms with E-state index in [0.717, 1.165) is 48.1 Å². The quantitative estimate of drug-likeness (QED) is 0.462. The Kier molecular flexibility index (Phi) is 6.52. The second-order valence-corrected chi connectivity index (χ2v) is 10.5. The average molecular weight is 496 g/mol. The Balaban J connectivity index is 1.33. The second kappa shape index (κ2) is 9.72. The van der Waals surface area contributed by atoms with Crippen LogP contribution in [0.2, 0.25) is 0 Å². The molecule has 0 fully saturated rings. The van der Waals surface area contributed by atoms with E-state index < -0.39 is 24.5 Å². The number of esters is 2. The van der Waals surface area contributed by atoms with Gasteiger partial charge in [0.15, 0.2) is 6.61 Å². The topological polar surface area (TPSA) is 81.7 Å². The van der Waals surface area contributed by atoms with E-state index in [1.54, 1.807) is 6.92 Å². The van der Waals surface area contributed by atoms with Crippen LogP contribution in [0.3, 0.4) is 0 Å². The molecule has 2 aliphatic rings. The molecular weight excluding hydrogens is 470 g/mol. The first-order chi connectivity index (χ1) is 16.5. The number of rotatable bonds is 6. The third-order valence-electron chi connectivity index (χ3n) is 6.18. The minimum absolute atomic E-state index is 0.246. The molecule has 0 atom stereocenters. The van der Waals surface area contributed by atoms with E-state index in [0.29, 0.717) is 21.9 Å². The molecule has 0 aliphatic heterocycles. The summed E-state index contributed by atoms with van der Waals surface area (Å²) in [5.74, 6) is -1.41. The highest BCUT2D eigenvalue weighted by Crippen LogP contribution is 2.45. The molecule has 34 heavy (non-hydrogen) atoms. The number of fused-ring (bicyclic) bond motifs is 4. The van der Waals surface area contributed by atoms with Crippen LogP contribution in [0.15, 0.2) is 30.3 Å². The van der Waals surface area contributed by atoms with Crippen molar-refractivity contribution < 1.29 is 23.9 Å². The Morgan fingerprint density at radius 1 is 0.941 bits per heavy atom. The fourth-order valence-corrected chi connectivity index (χ4v) is 7.07.